The quantitative estimate of drug-likeness (QED) is 0.644. The highest BCUT2D eigenvalue weighted by Gasteiger charge is 2.42. The van der Waals surface area contributed by atoms with Gasteiger partial charge in [-0.25, -0.2) is 0 Å². The molecule has 0 radical (unpaired) electrons. The van der Waals surface area contributed by atoms with E-state index in [0.29, 0.717) is 0 Å². The molecule has 0 heterocycles. The highest BCUT2D eigenvalue weighted by atomic mass is 14.5. The van der Waals surface area contributed by atoms with E-state index in [2.05, 4.69) is 12.1 Å². The molecule has 0 aromatic heterocycles. The predicted octanol–water partition coefficient (Wildman–Crippen LogP) is 2.87. The summed E-state index contributed by atoms with van der Waals surface area (Å²) in [5.41, 5.74) is -1.03. The van der Waals surface area contributed by atoms with Gasteiger partial charge >= 0.3 is 0 Å². The van der Waals surface area contributed by atoms with E-state index in [1.807, 2.05) is 27.7 Å². The van der Waals surface area contributed by atoms with Crippen LogP contribution >= 0.6 is 0 Å². The van der Waals surface area contributed by atoms with Gasteiger partial charge in [0.05, 0.1) is 23.0 Å². The summed E-state index contributed by atoms with van der Waals surface area (Å²) in [7, 11) is 0. The molecule has 0 rings (SSSR count). The average molecular weight is 164 g/mol. The normalized spacial score (nSPS) is 19.8. The summed E-state index contributed by atoms with van der Waals surface area (Å²) >= 11 is 0. The third-order valence-corrected chi connectivity index (χ3v) is 3.13. The Bertz CT molecular complexity index is 207. The van der Waals surface area contributed by atoms with Crippen LogP contribution in [0, 0.1) is 33.5 Å². The van der Waals surface area contributed by atoms with Crippen LogP contribution in [0.15, 0.2) is 0 Å². The molecule has 66 valence electrons. The molecule has 0 fully saturated rings. The molecule has 2 nitrogen and oxygen atoms in total. The van der Waals surface area contributed by atoms with Gasteiger partial charge in [0.15, 0.2) is 0 Å². The Morgan fingerprint density at radius 2 is 1.17 bits per heavy atom. The summed E-state index contributed by atoms with van der Waals surface area (Å²) in [5.74, 6) is 0. The molecule has 0 aliphatic rings. The van der Waals surface area contributed by atoms with Crippen LogP contribution in [-0.2, 0) is 0 Å². The van der Waals surface area contributed by atoms with Gasteiger partial charge in [0.25, 0.3) is 0 Å². The molecule has 0 unspecified atom stereocenters. The second kappa shape index (κ2) is 3.59. The highest BCUT2D eigenvalue weighted by Crippen LogP contribution is 2.43. The van der Waals surface area contributed by atoms with Crippen LogP contribution in [0.2, 0.25) is 0 Å². The van der Waals surface area contributed by atoms with Gasteiger partial charge in [-0.3, -0.25) is 0 Å². The first-order valence-corrected chi connectivity index (χ1v) is 4.32. The number of hydrogen-bond donors (Lipinski definition) is 0. The second-order valence-corrected chi connectivity index (χ2v) is 3.59. The fourth-order valence-electron chi connectivity index (χ4n) is 1.19. The fraction of sp³-hybridized carbons (Fsp3) is 0.800. The van der Waals surface area contributed by atoms with Crippen molar-refractivity contribution in [1.82, 2.24) is 0 Å². The minimum absolute atomic E-state index is 0.517. The maximum Gasteiger partial charge on any atom is 0.0726 e. The molecule has 12 heavy (non-hydrogen) atoms. The average Bonchev–Trinajstić information content (AvgIpc) is 2.15. The van der Waals surface area contributed by atoms with Crippen molar-refractivity contribution in [3.63, 3.8) is 0 Å². The molecule has 0 spiro atoms. The lowest BCUT2D eigenvalue weighted by atomic mass is 9.64. The standard InChI is InChI=1S/C10H16N2/c1-5-9(3,7-11)10(4,6-2)8-12/h5-6H2,1-4H3/t9-,10+. The molecular formula is C10H16N2. The molecule has 0 aliphatic carbocycles. The summed E-state index contributed by atoms with van der Waals surface area (Å²) < 4.78 is 0. The van der Waals surface area contributed by atoms with Crippen molar-refractivity contribution in [2.24, 2.45) is 10.8 Å². The SMILES string of the molecule is CC[C@](C)(C#N)[C@](C)(C#N)CC. The largest absolute Gasteiger partial charge is 0.198 e. The molecule has 0 saturated heterocycles. The molecule has 0 amide bonds. The Morgan fingerprint density at radius 1 is 0.917 bits per heavy atom. The third kappa shape index (κ3) is 1.43. The number of nitriles is 2. The lowest BCUT2D eigenvalue weighted by molar-refractivity contribution is 0.186. The van der Waals surface area contributed by atoms with E-state index in [4.69, 9.17) is 10.5 Å². The summed E-state index contributed by atoms with van der Waals surface area (Å²) in [6, 6.07) is 4.50. The van der Waals surface area contributed by atoms with Crippen LogP contribution in [0.3, 0.4) is 0 Å². The monoisotopic (exact) mass is 164 g/mol. The predicted molar refractivity (Wildman–Crippen MR) is 48.0 cm³/mol. The second-order valence-electron chi connectivity index (χ2n) is 3.59. The summed E-state index contributed by atoms with van der Waals surface area (Å²) in [6.07, 6.45) is 1.45. The Labute approximate surface area is 74.8 Å². The first-order chi connectivity index (χ1) is 5.49. The molecule has 0 saturated carbocycles. The molecule has 0 aromatic rings. The minimum Gasteiger partial charge on any atom is -0.198 e. The fourth-order valence-corrected chi connectivity index (χ4v) is 1.19. The van der Waals surface area contributed by atoms with Crippen molar-refractivity contribution >= 4 is 0 Å². The van der Waals surface area contributed by atoms with Gasteiger partial charge in [0.2, 0.25) is 0 Å². The van der Waals surface area contributed by atoms with E-state index in [1.165, 1.54) is 0 Å². The Hall–Kier alpha value is -1.02. The van der Waals surface area contributed by atoms with Gasteiger partial charge in [0.1, 0.15) is 0 Å². The first kappa shape index (κ1) is 11.0. The van der Waals surface area contributed by atoms with E-state index in [9.17, 15) is 0 Å². The molecular weight excluding hydrogens is 148 g/mol. The van der Waals surface area contributed by atoms with E-state index in [-0.39, 0.29) is 0 Å². The van der Waals surface area contributed by atoms with Crippen molar-refractivity contribution in [2.45, 2.75) is 40.5 Å². The van der Waals surface area contributed by atoms with Crippen LogP contribution in [0.1, 0.15) is 40.5 Å². The van der Waals surface area contributed by atoms with Crippen LogP contribution in [0.4, 0.5) is 0 Å². The minimum atomic E-state index is -0.517. The van der Waals surface area contributed by atoms with Gasteiger partial charge in [-0.2, -0.15) is 10.5 Å². The van der Waals surface area contributed by atoms with E-state index >= 15 is 0 Å². The zero-order valence-electron chi connectivity index (χ0n) is 8.31. The molecule has 0 bridgehead atoms. The van der Waals surface area contributed by atoms with Crippen molar-refractivity contribution in [3.8, 4) is 12.1 Å². The van der Waals surface area contributed by atoms with Crippen molar-refractivity contribution < 1.29 is 0 Å². The maximum absolute atomic E-state index is 8.98. The van der Waals surface area contributed by atoms with Crippen molar-refractivity contribution in [3.05, 3.63) is 0 Å². The van der Waals surface area contributed by atoms with Crippen LogP contribution in [-0.4, -0.2) is 0 Å². The highest BCUT2D eigenvalue weighted by molar-refractivity contribution is 5.14. The smallest absolute Gasteiger partial charge is 0.0726 e. The number of rotatable bonds is 3. The summed E-state index contributed by atoms with van der Waals surface area (Å²) in [4.78, 5) is 0. The van der Waals surface area contributed by atoms with Crippen LogP contribution in [0.25, 0.3) is 0 Å². The zero-order valence-corrected chi connectivity index (χ0v) is 8.31. The number of hydrogen-bond acceptors (Lipinski definition) is 2. The topological polar surface area (TPSA) is 47.6 Å². The molecule has 2 heteroatoms. The Morgan fingerprint density at radius 3 is 1.25 bits per heavy atom. The summed E-state index contributed by atoms with van der Waals surface area (Å²) in [6.45, 7) is 7.63. The van der Waals surface area contributed by atoms with Gasteiger partial charge < -0.3 is 0 Å². The molecule has 0 N–H and O–H groups in total. The van der Waals surface area contributed by atoms with E-state index < -0.39 is 10.8 Å². The van der Waals surface area contributed by atoms with Gasteiger partial charge in [-0.15, -0.1) is 0 Å². The molecule has 0 aromatic carbocycles. The zero-order chi connectivity index (χ0) is 9.83. The lowest BCUT2D eigenvalue weighted by Crippen LogP contribution is -2.34. The Balaban J connectivity index is 4.99. The van der Waals surface area contributed by atoms with Crippen LogP contribution < -0.4 is 0 Å². The maximum atomic E-state index is 8.98. The lowest BCUT2D eigenvalue weighted by Gasteiger charge is -2.34. The van der Waals surface area contributed by atoms with Crippen molar-refractivity contribution in [1.29, 1.82) is 10.5 Å². The Kier molecular flexibility index (Phi) is 3.28. The van der Waals surface area contributed by atoms with E-state index in [1.54, 1.807) is 0 Å². The molecule has 2 atom stereocenters. The number of nitrogens with zero attached hydrogens (tertiary/aromatic N) is 2. The van der Waals surface area contributed by atoms with E-state index in [0.717, 1.165) is 12.8 Å². The van der Waals surface area contributed by atoms with Gasteiger partial charge in [0, 0.05) is 0 Å². The van der Waals surface area contributed by atoms with Crippen LogP contribution in [0.5, 0.6) is 0 Å². The van der Waals surface area contributed by atoms with Gasteiger partial charge in [-0.05, 0) is 26.7 Å². The van der Waals surface area contributed by atoms with Gasteiger partial charge in [-0.1, -0.05) is 13.8 Å². The molecule has 0 aliphatic heterocycles. The third-order valence-electron chi connectivity index (χ3n) is 3.13. The first-order valence-electron chi connectivity index (χ1n) is 4.32. The van der Waals surface area contributed by atoms with Crippen molar-refractivity contribution in [2.75, 3.05) is 0 Å². The summed E-state index contributed by atoms with van der Waals surface area (Å²) in [5, 5.41) is 18.0.